The summed E-state index contributed by atoms with van der Waals surface area (Å²) >= 11 is -0.750. The average molecular weight is 128 g/mol. The van der Waals surface area contributed by atoms with Gasteiger partial charge in [-0.1, -0.05) is 0 Å². The average Bonchev–Trinajstić information content (AvgIpc) is 0.918. The molecule has 0 aliphatic heterocycles. The summed E-state index contributed by atoms with van der Waals surface area (Å²) in [5, 5.41) is 0. The molecule has 0 fully saturated rings. The van der Waals surface area contributed by atoms with Gasteiger partial charge in [0.05, 0.1) is 0 Å². The van der Waals surface area contributed by atoms with Crippen LogP contribution in [-0.2, 0) is 28.6 Å². The van der Waals surface area contributed by atoms with Gasteiger partial charge in [0.2, 0.25) is 0 Å². The second kappa shape index (κ2) is 10.2. The predicted molar refractivity (Wildman–Crippen MR) is 8.92 cm³/mol. The Labute approximate surface area is 37.7 Å². The van der Waals surface area contributed by atoms with Crippen molar-refractivity contribution in [2.24, 2.45) is 0 Å². The fourth-order valence-electron chi connectivity index (χ4n) is 0. The first-order chi connectivity index (χ1) is 1.41. The summed E-state index contributed by atoms with van der Waals surface area (Å²) in [6.07, 6.45) is 0. The van der Waals surface area contributed by atoms with E-state index in [9.17, 15) is 0 Å². The first-order valence-electron chi connectivity index (χ1n) is 0.333. The van der Waals surface area contributed by atoms with E-state index in [1.807, 2.05) is 0 Å². The summed E-state index contributed by atoms with van der Waals surface area (Å²) in [6.45, 7) is 0. The van der Waals surface area contributed by atoms with Gasteiger partial charge in [-0.15, -0.1) is 0 Å². The van der Waals surface area contributed by atoms with Gasteiger partial charge in [-0.25, -0.2) is 0 Å². The van der Waals surface area contributed by atoms with Gasteiger partial charge in [0.15, 0.2) is 0 Å². The molecule has 4 heavy (non-hydrogen) atoms. The molecular formula is CuO2S. The molecule has 1 radical (unpaired) electrons. The molecule has 0 atom stereocenters. The van der Waals surface area contributed by atoms with Crippen LogP contribution in [0.15, 0.2) is 0 Å². The summed E-state index contributed by atoms with van der Waals surface area (Å²) in [4.78, 5) is 0. The Hall–Kier alpha value is 0.339. The number of rotatable bonds is 0. The van der Waals surface area contributed by atoms with Crippen molar-refractivity contribution < 1.29 is 25.5 Å². The summed E-state index contributed by atoms with van der Waals surface area (Å²) in [5.74, 6) is 0. The van der Waals surface area contributed by atoms with E-state index < -0.39 is 11.6 Å². The van der Waals surface area contributed by atoms with E-state index in [1.165, 1.54) is 0 Å². The van der Waals surface area contributed by atoms with Gasteiger partial charge in [-0.05, 0) is 0 Å². The molecule has 0 saturated carbocycles. The Bertz CT molecular complexity index is 27.0. The quantitative estimate of drug-likeness (QED) is 0.405. The molecule has 0 bridgehead atoms. The normalized spacial score (nSPS) is 3.00. The molecule has 0 aromatic carbocycles. The first-order valence-corrected chi connectivity index (χ1v) is 1.00. The maximum Gasteiger partial charge on any atom is 0.335 e. The summed E-state index contributed by atoms with van der Waals surface area (Å²) in [6, 6.07) is 0. The van der Waals surface area contributed by atoms with E-state index in [0.29, 0.717) is 0 Å². The van der Waals surface area contributed by atoms with Gasteiger partial charge < -0.3 is 0 Å². The van der Waals surface area contributed by atoms with Crippen LogP contribution in [0.5, 0.6) is 0 Å². The molecular weight excluding hydrogens is 128 g/mol. The Kier molecular flexibility index (Phi) is 22.5. The van der Waals surface area contributed by atoms with Crippen LogP contribution in [0, 0.1) is 0 Å². The van der Waals surface area contributed by atoms with Crippen molar-refractivity contribution in [2.75, 3.05) is 0 Å². The van der Waals surface area contributed by atoms with Crippen LogP contribution in [0.3, 0.4) is 0 Å². The Morgan fingerprint density at radius 3 is 1.25 bits per heavy atom. The van der Waals surface area contributed by atoms with Crippen LogP contribution in [0.4, 0.5) is 0 Å². The van der Waals surface area contributed by atoms with E-state index in [2.05, 4.69) is 0 Å². The Balaban J connectivity index is 0. The third-order valence-corrected chi connectivity index (χ3v) is 0. The third kappa shape index (κ3) is 36.4. The van der Waals surface area contributed by atoms with Gasteiger partial charge in [-0.3, -0.25) is 0 Å². The molecule has 4 heteroatoms. The van der Waals surface area contributed by atoms with Gasteiger partial charge >= 0.3 is 11.6 Å². The molecule has 2 nitrogen and oxygen atoms in total. The van der Waals surface area contributed by atoms with Crippen molar-refractivity contribution in [3.05, 3.63) is 0 Å². The Morgan fingerprint density at radius 1 is 1.25 bits per heavy atom. The molecule has 0 N–H and O–H groups in total. The van der Waals surface area contributed by atoms with Crippen LogP contribution in [0.2, 0.25) is 0 Å². The first kappa shape index (κ1) is 8.84. The number of hydrogen-bond donors (Lipinski definition) is 0. The molecule has 0 unspecified atom stereocenters. The van der Waals surface area contributed by atoms with Gasteiger partial charge in [0.25, 0.3) is 0 Å². The topological polar surface area (TPSA) is 34.1 Å². The van der Waals surface area contributed by atoms with Gasteiger partial charge in [0.1, 0.15) is 0 Å². The largest absolute Gasteiger partial charge is 0.335 e. The van der Waals surface area contributed by atoms with E-state index in [0.717, 1.165) is 0 Å². The molecule has 29 valence electrons. The molecule has 0 aromatic rings. The summed E-state index contributed by atoms with van der Waals surface area (Å²) in [7, 11) is 0. The zero-order valence-electron chi connectivity index (χ0n) is 1.53. The predicted octanol–water partition coefficient (Wildman–Crippen LogP) is -0.673. The van der Waals surface area contributed by atoms with Crippen LogP contribution in [0.1, 0.15) is 0 Å². The SMILES string of the molecule is O=S=O.[Cu]. The van der Waals surface area contributed by atoms with Gasteiger partial charge in [-0.2, -0.15) is 8.42 Å². The molecule has 0 aliphatic rings. The molecule has 0 aromatic heterocycles. The van der Waals surface area contributed by atoms with E-state index in [1.54, 1.807) is 0 Å². The molecule has 0 heterocycles. The zero-order valence-corrected chi connectivity index (χ0v) is 3.28. The van der Waals surface area contributed by atoms with E-state index in [4.69, 9.17) is 8.42 Å². The minimum absolute atomic E-state index is 0. The molecule has 0 spiro atoms. The van der Waals surface area contributed by atoms with E-state index >= 15 is 0 Å². The van der Waals surface area contributed by atoms with Crippen molar-refractivity contribution in [3.8, 4) is 0 Å². The minimum Gasteiger partial charge on any atom is -0.168 e. The third-order valence-electron chi connectivity index (χ3n) is 0. The van der Waals surface area contributed by atoms with Crippen LogP contribution < -0.4 is 0 Å². The van der Waals surface area contributed by atoms with Crippen molar-refractivity contribution in [1.29, 1.82) is 0 Å². The summed E-state index contributed by atoms with van der Waals surface area (Å²) < 4.78 is 16.6. The van der Waals surface area contributed by atoms with E-state index in [-0.39, 0.29) is 17.1 Å². The van der Waals surface area contributed by atoms with Crippen molar-refractivity contribution in [1.82, 2.24) is 0 Å². The Morgan fingerprint density at radius 2 is 1.25 bits per heavy atom. The van der Waals surface area contributed by atoms with Crippen LogP contribution in [0.25, 0.3) is 0 Å². The van der Waals surface area contributed by atoms with Gasteiger partial charge in [0, 0.05) is 17.1 Å². The summed E-state index contributed by atoms with van der Waals surface area (Å²) in [5.41, 5.74) is 0. The molecule has 0 rings (SSSR count). The standard InChI is InChI=1S/Cu.O2S/c;1-3-2. The second-order valence-corrected chi connectivity index (χ2v) is 0.204. The monoisotopic (exact) mass is 127 g/mol. The zero-order chi connectivity index (χ0) is 2.71. The number of hydrogen-bond acceptors (Lipinski definition) is 2. The smallest absolute Gasteiger partial charge is 0.168 e. The van der Waals surface area contributed by atoms with Crippen molar-refractivity contribution >= 4 is 11.6 Å². The molecule has 0 aliphatic carbocycles. The van der Waals surface area contributed by atoms with Crippen LogP contribution >= 0.6 is 0 Å². The maximum atomic E-state index is 8.29. The minimum atomic E-state index is -0.750. The second-order valence-electron chi connectivity index (χ2n) is 0.0680. The fraction of sp³-hybridized carbons (Fsp3) is 0. The van der Waals surface area contributed by atoms with Crippen molar-refractivity contribution in [3.63, 3.8) is 0 Å². The molecule has 0 saturated heterocycles. The molecule has 0 amide bonds. The fourth-order valence-corrected chi connectivity index (χ4v) is 0. The maximum absolute atomic E-state index is 8.29. The van der Waals surface area contributed by atoms with Crippen molar-refractivity contribution in [2.45, 2.75) is 0 Å². The van der Waals surface area contributed by atoms with Crippen LogP contribution in [-0.4, -0.2) is 8.42 Å².